The highest BCUT2D eigenvalue weighted by Crippen LogP contribution is 2.36. The van der Waals surface area contributed by atoms with Gasteiger partial charge in [-0.05, 0) is 38.0 Å². The SMILES string of the molecule is CCC(C)[C@@H]1C=C2CC=C1CCCCCC2. The van der Waals surface area contributed by atoms with Crippen LogP contribution in [0.25, 0.3) is 0 Å². The van der Waals surface area contributed by atoms with E-state index in [9.17, 15) is 0 Å². The molecule has 0 saturated heterocycles. The van der Waals surface area contributed by atoms with E-state index >= 15 is 0 Å². The highest BCUT2D eigenvalue weighted by Gasteiger charge is 2.22. The van der Waals surface area contributed by atoms with Gasteiger partial charge >= 0.3 is 0 Å². The quantitative estimate of drug-likeness (QED) is 0.555. The average Bonchev–Trinajstić information content (AvgIpc) is 2.35. The molecule has 0 radical (unpaired) electrons. The number of rotatable bonds is 2. The van der Waals surface area contributed by atoms with E-state index in [4.69, 9.17) is 0 Å². The van der Waals surface area contributed by atoms with Crippen LogP contribution in [0.2, 0.25) is 0 Å². The van der Waals surface area contributed by atoms with Gasteiger partial charge in [-0.2, -0.15) is 0 Å². The molecule has 0 aromatic rings. The third-order valence-electron chi connectivity index (χ3n) is 4.44. The Balaban J connectivity index is 2.15. The minimum Gasteiger partial charge on any atom is -0.0807 e. The van der Waals surface area contributed by atoms with Crippen molar-refractivity contribution in [3.05, 3.63) is 23.3 Å². The zero-order valence-corrected chi connectivity index (χ0v) is 11.0. The average molecular weight is 218 g/mol. The van der Waals surface area contributed by atoms with Crippen molar-refractivity contribution in [2.24, 2.45) is 11.8 Å². The summed E-state index contributed by atoms with van der Waals surface area (Å²) in [7, 11) is 0. The first-order valence-corrected chi connectivity index (χ1v) is 7.19. The van der Waals surface area contributed by atoms with E-state index < -0.39 is 0 Å². The van der Waals surface area contributed by atoms with Gasteiger partial charge in [0.25, 0.3) is 0 Å². The topological polar surface area (TPSA) is 0 Å². The Morgan fingerprint density at radius 2 is 1.94 bits per heavy atom. The summed E-state index contributed by atoms with van der Waals surface area (Å²) in [5.74, 6) is 1.60. The molecule has 0 heterocycles. The van der Waals surface area contributed by atoms with Crippen molar-refractivity contribution in [2.75, 3.05) is 0 Å². The Morgan fingerprint density at radius 3 is 2.69 bits per heavy atom. The molecule has 0 spiro atoms. The third kappa shape index (κ3) is 2.78. The molecule has 0 nitrogen and oxygen atoms in total. The van der Waals surface area contributed by atoms with E-state index in [-0.39, 0.29) is 0 Å². The first-order valence-electron chi connectivity index (χ1n) is 7.19. The maximum atomic E-state index is 2.62. The Labute approximate surface area is 101 Å². The predicted molar refractivity (Wildman–Crippen MR) is 71.4 cm³/mol. The van der Waals surface area contributed by atoms with Gasteiger partial charge in [-0.3, -0.25) is 0 Å². The molecule has 0 heteroatoms. The number of hydrogen-bond acceptors (Lipinski definition) is 0. The van der Waals surface area contributed by atoms with Crippen LogP contribution in [0.15, 0.2) is 23.3 Å². The molecular formula is C16H26. The fraction of sp³-hybridized carbons (Fsp3) is 0.750. The zero-order valence-electron chi connectivity index (χ0n) is 11.0. The lowest BCUT2D eigenvalue weighted by atomic mass is 9.77. The van der Waals surface area contributed by atoms with Crippen LogP contribution in [0.5, 0.6) is 0 Å². The molecule has 2 bridgehead atoms. The molecule has 90 valence electrons. The van der Waals surface area contributed by atoms with Gasteiger partial charge in [-0.1, -0.05) is 56.4 Å². The maximum Gasteiger partial charge on any atom is 0.000518 e. The molecule has 3 rings (SSSR count). The van der Waals surface area contributed by atoms with Crippen molar-refractivity contribution < 1.29 is 0 Å². The van der Waals surface area contributed by atoms with Gasteiger partial charge in [-0.25, -0.2) is 0 Å². The van der Waals surface area contributed by atoms with Gasteiger partial charge in [0.15, 0.2) is 0 Å². The van der Waals surface area contributed by atoms with Crippen LogP contribution >= 0.6 is 0 Å². The van der Waals surface area contributed by atoms with Gasteiger partial charge in [0, 0.05) is 5.92 Å². The standard InChI is InChI=1S/C16H26/c1-3-13(2)16-12-14-8-6-4-5-7-9-15(16)11-10-14/h11-13,16H,3-10H2,1-2H3/t13?,16-/m0/s1. The van der Waals surface area contributed by atoms with E-state index in [0.29, 0.717) is 0 Å². The van der Waals surface area contributed by atoms with Crippen LogP contribution in [0.3, 0.4) is 0 Å². The van der Waals surface area contributed by atoms with Gasteiger partial charge in [-0.15, -0.1) is 0 Å². The Bertz CT molecular complexity index is 282. The number of fused-ring (bicyclic) bond motifs is 7. The van der Waals surface area contributed by atoms with E-state index in [1.807, 2.05) is 0 Å². The Hall–Kier alpha value is -0.520. The fourth-order valence-corrected chi connectivity index (χ4v) is 3.10. The van der Waals surface area contributed by atoms with E-state index in [1.54, 1.807) is 11.1 Å². The van der Waals surface area contributed by atoms with E-state index in [0.717, 1.165) is 11.8 Å². The maximum absolute atomic E-state index is 2.62. The van der Waals surface area contributed by atoms with Crippen molar-refractivity contribution in [3.63, 3.8) is 0 Å². The van der Waals surface area contributed by atoms with Crippen LogP contribution in [0.1, 0.15) is 65.2 Å². The Morgan fingerprint density at radius 1 is 1.19 bits per heavy atom. The van der Waals surface area contributed by atoms with Crippen molar-refractivity contribution >= 4 is 0 Å². The molecule has 3 aliphatic rings. The second-order valence-corrected chi connectivity index (χ2v) is 5.63. The van der Waals surface area contributed by atoms with Crippen LogP contribution < -0.4 is 0 Å². The van der Waals surface area contributed by atoms with Gasteiger partial charge in [0.05, 0.1) is 0 Å². The summed E-state index contributed by atoms with van der Waals surface area (Å²) in [5.41, 5.74) is 3.47. The molecule has 0 aromatic carbocycles. The lowest BCUT2D eigenvalue weighted by Crippen LogP contribution is -2.16. The van der Waals surface area contributed by atoms with Gasteiger partial charge in [0.1, 0.15) is 0 Å². The lowest BCUT2D eigenvalue weighted by Gasteiger charge is -2.29. The summed E-state index contributed by atoms with van der Waals surface area (Å²) in [6, 6.07) is 0. The second-order valence-electron chi connectivity index (χ2n) is 5.63. The monoisotopic (exact) mass is 218 g/mol. The highest BCUT2D eigenvalue weighted by molar-refractivity contribution is 5.26. The van der Waals surface area contributed by atoms with E-state index in [2.05, 4.69) is 26.0 Å². The summed E-state index contributed by atoms with van der Waals surface area (Å²) in [6.07, 6.45) is 16.2. The fourth-order valence-electron chi connectivity index (χ4n) is 3.10. The first kappa shape index (κ1) is 12.0. The van der Waals surface area contributed by atoms with E-state index in [1.165, 1.54) is 51.4 Å². The number of allylic oxidation sites excluding steroid dienone is 4. The van der Waals surface area contributed by atoms with Gasteiger partial charge in [0.2, 0.25) is 0 Å². The third-order valence-corrected chi connectivity index (χ3v) is 4.44. The smallest absolute Gasteiger partial charge is 0.000518 e. The molecule has 0 saturated carbocycles. The highest BCUT2D eigenvalue weighted by atomic mass is 14.3. The van der Waals surface area contributed by atoms with Crippen LogP contribution in [-0.2, 0) is 0 Å². The molecule has 0 aliphatic heterocycles. The summed E-state index contributed by atoms with van der Waals surface area (Å²) >= 11 is 0. The predicted octanol–water partition coefficient (Wildman–Crippen LogP) is 5.26. The summed E-state index contributed by atoms with van der Waals surface area (Å²) in [4.78, 5) is 0. The molecule has 16 heavy (non-hydrogen) atoms. The molecule has 0 N–H and O–H groups in total. The number of hydrogen-bond donors (Lipinski definition) is 0. The molecule has 0 aromatic heterocycles. The van der Waals surface area contributed by atoms with Gasteiger partial charge < -0.3 is 0 Å². The lowest BCUT2D eigenvalue weighted by molar-refractivity contribution is 0.436. The Kier molecular flexibility index (Phi) is 4.26. The van der Waals surface area contributed by atoms with Crippen LogP contribution in [0, 0.1) is 11.8 Å². The zero-order chi connectivity index (χ0) is 11.4. The molecule has 0 amide bonds. The molecular weight excluding hydrogens is 192 g/mol. The molecule has 1 unspecified atom stereocenters. The molecule has 0 fully saturated rings. The first-order chi connectivity index (χ1) is 7.81. The molecule has 2 atom stereocenters. The minimum absolute atomic E-state index is 0.770. The minimum atomic E-state index is 0.770. The van der Waals surface area contributed by atoms with Crippen LogP contribution in [-0.4, -0.2) is 0 Å². The molecule has 3 aliphatic carbocycles. The van der Waals surface area contributed by atoms with Crippen molar-refractivity contribution in [1.82, 2.24) is 0 Å². The summed E-state index contributed by atoms with van der Waals surface area (Å²) in [5, 5.41) is 0. The normalized spacial score (nSPS) is 28.2. The summed E-state index contributed by atoms with van der Waals surface area (Å²) < 4.78 is 0. The summed E-state index contributed by atoms with van der Waals surface area (Å²) in [6.45, 7) is 4.75. The van der Waals surface area contributed by atoms with Crippen molar-refractivity contribution in [1.29, 1.82) is 0 Å². The van der Waals surface area contributed by atoms with Crippen molar-refractivity contribution in [2.45, 2.75) is 65.2 Å². The van der Waals surface area contributed by atoms with Crippen molar-refractivity contribution in [3.8, 4) is 0 Å². The second kappa shape index (κ2) is 5.70. The largest absolute Gasteiger partial charge is 0.0807 e. The van der Waals surface area contributed by atoms with Crippen LogP contribution in [0.4, 0.5) is 0 Å².